The summed E-state index contributed by atoms with van der Waals surface area (Å²) < 4.78 is 17.9. The van der Waals surface area contributed by atoms with Gasteiger partial charge in [0.2, 0.25) is 0 Å². The number of anilines is 1. The number of benzene rings is 1. The van der Waals surface area contributed by atoms with Crippen molar-refractivity contribution in [3.05, 3.63) is 75.7 Å². The zero-order chi connectivity index (χ0) is 25.4. The number of rotatable bonds is 7. The summed E-state index contributed by atoms with van der Waals surface area (Å²) in [4.78, 5) is 20.3. The van der Waals surface area contributed by atoms with Crippen LogP contribution in [0.4, 0.5) is 10.2 Å². The summed E-state index contributed by atoms with van der Waals surface area (Å²) in [5.41, 5.74) is 3.56. The van der Waals surface area contributed by atoms with Gasteiger partial charge in [0.25, 0.3) is 5.91 Å². The number of carbonyl (C=O) groups excluding carboxylic acids is 1. The number of aromatic nitrogens is 7. The Balaban J connectivity index is 1.06. The van der Waals surface area contributed by atoms with Crippen molar-refractivity contribution in [2.75, 3.05) is 11.4 Å². The third kappa shape index (κ3) is 3.59. The lowest BCUT2D eigenvalue weighted by atomic mass is 10.1. The maximum atomic E-state index is 14.8. The van der Waals surface area contributed by atoms with E-state index in [4.69, 9.17) is 16.6 Å². The number of pyridine rings is 1. The second-order valence-corrected chi connectivity index (χ2v) is 10.4. The van der Waals surface area contributed by atoms with Crippen molar-refractivity contribution in [2.24, 2.45) is 17.8 Å². The molecule has 2 aliphatic heterocycles. The summed E-state index contributed by atoms with van der Waals surface area (Å²) in [6, 6.07) is 7.94. The molecule has 2 aliphatic carbocycles. The highest BCUT2D eigenvalue weighted by atomic mass is 35.5. The molecule has 2 unspecified atom stereocenters. The first kappa shape index (κ1) is 22.3. The van der Waals surface area contributed by atoms with Crippen molar-refractivity contribution in [3.63, 3.8) is 0 Å². The number of amides is 1. The number of nitrogens with one attached hydrogen (secondary N) is 1. The Hall–Kier alpha value is -3.86. The van der Waals surface area contributed by atoms with Crippen molar-refractivity contribution in [3.8, 4) is 5.69 Å². The van der Waals surface area contributed by atoms with E-state index in [0.717, 1.165) is 47.4 Å². The second-order valence-electron chi connectivity index (χ2n) is 10.00. The van der Waals surface area contributed by atoms with E-state index in [2.05, 4.69) is 43.0 Å². The topological polar surface area (TPSA) is 107 Å². The smallest absolute Gasteiger partial charge is 0.255 e. The van der Waals surface area contributed by atoms with Gasteiger partial charge in [-0.15, -0.1) is 5.10 Å². The van der Waals surface area contributed by atoms with Crippen LogP contribution in [0.3, 0.4) is 0 Å². The molecule has 1 amide bonds. The van der Waals surface area contributed by atoms with Crippen LogP contribution >= 0.6 is 11.6 Å². The molecule has 4 fully saturated rings. The van der Waals surface area contributed by atoms with Crippen LogP contribution in [-0.4, -0.2) is 53.5 Å². The van der Waals surface area contributed by atoms with E-state index in [1.165, 1.54) is 17.1 Å². The van der Waals surface area contributed by atoms with Crippen LogP contribution in [0.5, 0.6) is 0 Å². The number of aryl methyl sites for hydroxylation is 2. The summed E-state index contributed by atoms with van der Waals surface area (Å²) >= 11 is 5.98. The van der Waals surface area contributed by atoms with Gasteiger partial charge in [-0.25, -0.2) is 14.1 Å². The number of hydrogen-bond donors (Lipinski definition) is 1. The van der Waals surface area contributed by atoms with Gasteiger partial charge >= 0.3 is 0 Å². The number of carbonyl (C=O) groups is 1. The summed E-state index contributed by atoms with van der Waals surface area (Å²) in [7, 11) is 0. The molecule has 1 N–H and O–H groups in total. The average Bonchev–Trinajstić information content (AvgIpc) is 3.39. The fraction of sp³-hybridized carbons (Fsp3) is 0.360. The van der Waals surface area contributed by atoms with Crippen molar-refractivity contribution in [1.82, 2.24) is 40.3 Å². The van der Waals surface area contributed by atoms with Gasteiger partial charge in [-0.2, -0.15) is 5.10 Å². The first-order valence-corrected chi connectivity index (χ1v) is 12.5. The Kier molecular flexibility index (Phi) is 4.87. The molecule has 12 heteroatoms. The monoisotopic (exact) mass is 519 g/mol. The fourth-order valence-corrected chi connectivity index (χ4v) is 5.96. The number of fused-ring (bicyclic) bond motifs is 1. The minimum atomic E-state index is -0.638. The van der Waals surface area contributed by atoms with E-state index < -0.39 is 5.82 Å². The highest BCUT2D eigenvalue weighted by molar-refractivity contribution is 6.30. The molecule has 2 bridgehead atoms. The van der Waals surface area contributed by atoms with Crippen LogP contribution < -0.4 is 10.2 Å². The number of halogens is 2. The molecule has 37 heavy (non-hydrogen) atoms. The third-order valence-corrected chi connectivity index (χ3v) is 8.19. The summed E-state index contributed by atoms with van der Waals surface area (Å²) in [5, 5.41) is 18.2. The quantitative estimate of drug-likeness (QED) is 0.400. The predicted molar refractivity (Wildman–Crippen MR) is 132 cm³/mol. The number of hydrogen-bond acceptors (Lipinski definition) is 7. The Morgan fingerprint density at radius 1 is 1.19 bits per heavy atom. The first-order valence-electron chi connectivity index (χ1n) is 12.2. The van der Waals surface area contributed by atoms with Crippen molar-refractivity contribution < 1.29 is 9.18 Å². The lowest BCUT2D eigenvalue weighted by Crippen LogP contribution is -2.24. The molecular formula is C25H23ClFN9O. The Morgan fingerprint density at radius 3 is 2.73 bits per heavy atom. The zero-order valence-corrected chi connectivity index (χ0v) is 20.9. The normalized spacial score (nSPS) is 22.8. The van der Waals surface area contributed by atoms with Gasteiger partial charge in [0.15, 0.2) is 0 Å². The molecule has 4 aliphatic rings. The minimum Gasteiger partial charge on any atom is -0.353 e. The fourth-order valence-electron chi connectivity index (χ4n) is 5.79. The Morgan fingerprint density at radius 2 is 2.03 bits per heavy atom. The van der Waals surface area contributed by atoms with E-state index in [1.54, 1.807) is 23.9 Å². The lowest BCUT2D eigenvalue weighted by molar-refractivity contribution is 0.0950. The molecule has 10 nitrogen and oxygen atoms in total. The van der Waals surface area contributed by atoms with Crippen LogP contribution in [0, 0.1) is 37.4 Å². The molecular weight excluding hydrogens is 497 g/mol. The molecule has 4 aromatic rings. The van der Waals surface area contributed by atoms with Crippen molar-refractivity contribution in [2.45, 2.75) is 33.0 Å². The van der Waals surface area contributed by atoms with Crippen LogP contribution in [0.25, 0.3) is 5.69 Å². The number of piperidine rings is 1. The van der Waals surface area contributed by atoms with Crippen molar-refractivity contribution in [1.29, 1.82) is 0 Å². The maximum absolute atomic E-state index is 14.8. The molecule has 2 saturated carbocycles. The number of nitrogens with zero attached hydrogens (tertiary/aromatic N) is 8. The maximum Gasteiger partial charge on any atom is 0.255 e. The molecule has 0 spiro atoms. The Labute approximate surface area is 216 Å². The standard InChI is InChI=1S/C25H23ClFN9O/c1-12-14(3-6-20(30-12)35-10-17-21-22(17)24(21)35)8-34-9-16(13(2)31-34)25(37)28-7-15-19(36-11-29-32-33-36)5-4-18(26)23(15)27/h3-6,9,11,17,21-22,24H,7-8,10H2,1-2H3,(H,28,37). The van der Waals surface area contributed by atoms with E-state index >= 15 is 0 Å². The number of tetrazole rings is 1. The molecule has 3 aromatic heterocycles. The second kappa shape index (κ2) is 8.07. The van der Waals surface area contributed by atoms with E-state index in [9.17, 15) is 9.18 Å². The minimum absolute atomic E-state index is 0.0528. The van der Waals surface area contributed by atoms with E-state index in [0.29, 0.717) is 23.5 Å². The molecule has 1 aromatic carbocycles. The van der Waals surface area contributed by atoms with Crippen molar-refractivity contribution >= 4 is 23.3 Å². The summed E-state index contributed by atoms with van der Waals surface area (Å²) in [6.07, 6.45) is 3.05. The van der Waals surface area contributed by atoms with E-state index in [1.807, 2.05) is 6.92 Å². The van der Waals surface area contributed by atoms with Gasteiger partial charge in [0, 0.05) is 36.6 Å². The largest absolute Gasteiger partial charge is 0.353 e. The van der Waals surface area contributed by atoms with Gasteiger partial charge in [-0.05, 0) is 65.8 Å². The highest BCUT2D eigenvalue weighted by Gasteiger charge is 2.80. The lowest BCUT2D eigenvalue weighted by Gasteiger charge is -2.18. The predicted octanol–water partition coefficient (Wildman–Crippen LogP) is 2.71. The van der Waals surface area contributed by atoms with Gasteiger partial charge < -0.3 is 10.2 Å². The molecule has 8 rings (SSSR count). The molecule has 2 atom stereocenters. The zero-order valence-electron chi connectivity index (χ0n) is 20.1. The van der Waals surface area contributed by atoms with Gasteiger partial charge in [0.05, 0.1) is 28.5 Å². The molecule has 5 heterocycles. The van der Waals surface area contributed by atoms with Crippen LogP contribution in [0.15, 0.2) is 36.8 Å². The summed E-state index contributed by atoms with van der Waals surface area (Å²) in [5.74, 6) is 2.82. The third-order valence-electron chi connectivity index (χ3n) is 7.90. The van der Waals surface area contributed by atoms with Gasteiger partial charge in [-0.3, -0.25) is 9.48 Å². The van der Waals surface area contributed by atoms with Gasteiger partial charge in [0.1, 0.15) is 18.0 Å². The molecule has 2 saturated heterocycles. The Bertz CT molecular complexity index is 1540. The van der Waals surface area contributed by atoms with Crippen LogP contribution in [-0.2, 0) is 13.1 Å². The average molecular weight is 520 g/mol. The first-order chi connectivity index (χ1) is 17.9. The van der Waals surface area contributed by atoms with Gasteiger partial charge in [-0.1, -0.05) is 17.7 Å². The van der Waals surface area contributed by atoms with E-state index in [-0.39, 0.29) is 23.0 Å². The summed E-state index contributed by atoms with van der Waals surface area (Å²) in [6.45, 7) is 5.32. The highest BCUT2D eigenvalue weighted by Crippen LogP contribution is 2.75. The SMILES string of the molecule is Cc1nc(N2CC3C4C3C42)ccc1Cn1cc(C(=O)NCc2c(-n3cnnn3)ccc(Cl)c2F)c(C)n1. The molecule has 188 valence electrons. The van der Waals surface area contributed by atoms with Crippen LogP contribution in [0.1, 0.15) is 32.9 Å². The van der Waals surface area contributed by atoms with Crippen LogP contribution in [0.2, 0.25) is 5.02 Å². The molecule has 0 radical (unpaired) electrons.